The van der Waals surface area contributed by atoms with Crippen LogP contribution in [0.1, 0.15) is 12.6 Å². The van der Waals surface area contributed by atoms with Crippen LogP contribution in [0.5, 0.6) is 0 Å². The van der Waals surface area contributed by atoms with E-state index in [1.807, 2.05) is 11.8 Å². The van der Waals surface area contributed by atoms with Crippen molar-refractivity contribution in [2.24, 2.45) is 5.92 Å². The Morgan fingerprint density at radius 3 is 2.93 bits per heavy atom. The van der Waals surface area contributed by atoms with Gasteiger partial charge in [-0.3, -0.25) is 0 Å². The largest absolute Gasteiger partial charge is 0.432 e. The molecular formula is C9H14N2O3. The van der Waals surface area contributed by atoms with Crippen LogP contribution in [0.4, 0.5) is 6.01 Å². The van der Waals surface area contributed by atoms with Gasteiger partial charge in [0.05, 0.1) is 12.7 Å². The van der Waals surface area contributed by atoms with Gasteiger partial charge < -0.3 is 19.5 Å². The van der Waals surface area contributed by atoms with Gasteiger partial charge in [-0.05, 0) is 0 Å². The quantitative estimate of drug-likeness (QED) is 0.699. The van der Waals surface area contributed by atoms with Crippen LogP contribution >= 0.6 is 0 Å². The molecule has 2 rings (SSSR count). The van der Waals surface area contributed by atoms with Crippen LogP contribution < -0.4 is 4.90 Å². The standard InChI is InChI=1S/C9H14N2O3/c1-6-2-11(3-8(6)13)9-10-7(4-12)5-14-9/h5-6,8,12-13H,2-4H2,1H3. The molecule has 1 fully saturated rings. The number of aliphatic hydroxyl groups is 2. The first-order chi connectivity index (χ1) is 6.70. The second kappa shape index (κ2) is 3.59. The molecule has 5 heteroatoms. The van der Waals surface area contributed by atoms with Gasteiger partial charge in [-0.25, -0.2) is 0 Å². The first kappa shape index (κ1) is 9.48. The Balaban J connectivity index is 2.09. The molecule has 0 saturated carbocycles. The summed E-state index contributed by atoms with van der Waals surface area (Å²) in [5.41, 5.74) is 0.522. The van der Waals surface area contributed by atoms with Gasteiger partial charge in [-0.15, -0.1) is 0 Å². The Morgan fingerprint density at radius 2 is 2.43 bits per heavy atom. The van der Waals surface area contributed by atoms with Crippen LogP contribution in [0.15, 0.2) is 10.7 Å². The molecule has 1 saturated heterocycles. The summed E-state index contributed by atoms with van der Waals surface area (Å²) >= 11 is 0. The van der Waals surface area contributed by atoms with Crippen molar-refractivity contribution >= 4 is 6.01 Å². The van der Waals surface area contributed by atoms with Crippen LogP contribution in [-0.4, -0.2) is 34.4 Å². The van der Waals surface area contributed by atoms with Crippen LogP contribution in [0, 0.1) is 5.92 Å². The van der Waals surface area contributed by atoms with E-state index in [0.29, 0.717) is 18.3 Å². The zero-order valence-electron chi connectivity index (χ0n) is 8.05. The van der Waals surface area contributed by atoms with Gasteiger partial charge in [-0.1, -0.05) is 6.92 Å². The minimum atomic E-state index is -0.320. The monoisotopic (exact) mass is 198 g/mol. The van der Waals surface area contributed by atoms with Crippen molar-refractivity contribution in [3.63, 3.8) is 0 Å². The van der Waals surface area contributed by atoms with Crippen molar-refractivity contribution < 1.29 is 14.6 Å². The zero-order valence-corrected chi connectivity index (χ0v) is 8.05. The van der Waals surface area contributed by atoms with Crippen molar-refractivity contribution in [2.45, 2.75) is 19.6 Å². The van der Waals surface area contributed by atoms with Crippen molar-refractivity contribution in [1.29, 1.82) is 0 Å². The minimum absolute atomic E-state index is 0.116. The normalized spacial score (nSPS) is 27.2. The second-order valence-corrected chi connectivity index (χ2v) is 3.73. The molecule has 14 heavy (non-hydrogen) atoms. The summed E-state index contributed by atoms with van der Waals surface area (Å²) in [4.78, 5) is 5.96. The van der Waals surface area contributed by atoms with Crippen LogP contribution in [0.3, 0.4) is 0 Å². The summed E-state index contributed by atoms with van der Waals surface area (Å²) in [5.74, 6) is 0.236. The first-order valence-corrected chi connectivity index (χ1v) is 4.69. The molecular weight excluding hydrogens is 184 g/mol. The molecule has 0 bridgehead atoms. The van der Waals surface area contributed by atoms with E-state index in [1.54, 1.807) is 0 Å². The average molecular weight is 198 g/mol. The fourth-order valence-corrected chi connectivity index (χ4v) is 1.62. The van der Waals surface area contributed by atoms with Gasteiger partial charge >= 0.3 is 0 Å². The van der Waals surface area contributed by atoms with Crippen molar-refractivity contribution in [1.82, 2.24) is 4.98 Å². The summed E-state index contributed by atoms with van der Waals surface area (Å²) in [6.45, 7) is 3.16. The maximum absolute atomic E-state index is 9.53. The lowest BCUT2D eigenvalue weighted by molar-refractivity contribution is 0.157. The van der Waals surface area contributed by atoms with E-state index in [-0.39, 0.29) is 18.6 Å². The molecule has 0 aliphatic carbocycles. The third-order valence-corrected chi connectivity index (χ3v) is 2.54. The molecule has 1 aliphatic rings. The SMILES string of the molecule is CC1CN(c2nc(CO)co2)CC1O. The third-order valence-electron chi connectivity index (χ3n) is 2.54. The Kier molecular flexibility index (Phi) is 2.43. The smallest absolute Gasteiger partial charge is 0.297 e. The number of oxazole rings is 1. The Hall–Kier alpha value is -1.07. The Bertz CT molecular complexity index is 303. The summed E-state index contributed by atoms with van der Waals surface area (Å²) in [5, 5.41) is 18.3. The maximum Gasteiger partial charge on any atom is 0.297 e. The number of β-amino-alcohol motifs (C(OH)–C–C–N with tert-alkyl or cyclic N) is 1. The Morgan fingerprint density at radius 1 is 1.64 bits per heavy atom. The highest BCUT2D eigenvalue weighted by atomic mass is 16.4. The molecule has 1 aromatic rings. The van der Waals surface area contributed by atoms with E-state index in [1.165, 1.54) is 6.26 Å². The van der Waals surface area contributed by atoms with Gasteiger partial charge in [-0.2, -0.15) is 4.98 Å². The van der Waals surface area contributed by atoms with E-state index in [2.05, 4.69) is 4.98 Å². The first-order valence-electron chi connectivity index (χ1n) is 4.69. The summed E-state index contributed by atoms with van der Waals surface area (Å²) in [7, 11) is 0. The molecule has 2 N–H and O–H groups in total. The minimum Gasteiger partial charge on any atom is -0.432 e. The predicted octanol–water partition coefficient (Wildman–Crippen LogP) is -0.0161. The number of aliphatic hydroxyl groups excluding tert-OH is 2. The average Bonchev–Trinajstić information content (AvgIpc) is 2.74. The summed E-state index contributed by atoms with van der Waals surface area (Å²) < 4.78 is 5.18. The number of rotatable bonds is 2. The fraction of sp³-hybridized carbons (Fsp3) is 0.667. The number of hydrogen-bond donors (Lipinski definition) is 2. The van der Waals surface area contributed by atoms with Crippen LogP contribution in [0.25, 0.3) is 0 Å². The number of hydrogen-bond acceptors (Lipinski definition) is 5. The third kappa shape index (κ3) is 1.60. The predicted molar refractivity (Wildman–Crippen MR) is 49.8 cm³/mol. The lowest BCUT2D eigenvalue weighted by Crippen LogP contribution is -2.21. The number of aromatic nitrogens is 1. The molecule has 2 heterocycles. The highest BCUT2D eigenvalue weighted by Crippen LogP contribution is 2.23. The zero-order chi connectivity index (χ0) is 10.1. The van der Waals surface area contributed by atoms with Gasteiger partial charge in [0.25, 0.3) is 6.01 Å². The van der Waals surface area contributed by atoms with Gasteiger partial charge in [0, 0.05) is 19.0 Å². The van der Waals surface area contributed by atoms with E-state index in [4.69, 9.17) is 9.52 Å². The molecule has 0 radical (unpaired) electrons. The molecule has 0 amide bonds. The molecule has 2 atom stereocenters. The number of anilines is 1. The lowest BCUT2D eigenvalue weighted by Gasteiger charge is -2.11. The summed E-state index contributed by atoms with van der Waals surface area (Å²) in [6, 6.07) is 0.484. The van der Waals surface area contributed by atoms with Gasteiger partial charge in [0.1, 0.15) is 12.0 Å². The molecule has 1 aliphatic heterocycles. The van der Waals surface area contributed by atoms with E-state index >= 15 is 0 Å². The molecule has 5 nitrogen and oxygen atoms in total. The van der Waals surface area contributed by atoms with Crippen molar-refractivity contribution in [3.8, 4) is 0 Å². The summed E-state index contributed by atoms with van der Waals surface area (Å²) in [6.07, 6.45) is 1.12. The fourth-order valence-electron chi connectivity index (χ4n) is 1.62. The topological polar surface area (TPSA) is 69.7 Å². The van der Waals surface area contributed by atoms with Crippen molar-refractivity contribution in [3.05, 3.63) is 12.0 Å². The van der Waals surface area contributed by atoms with Crippen molar-refractivity contribution in [2.75, 3.05) is 18.0 Å². The van der Waals surface area contributed by atoms with Crippen LogP contribution in [-0.2, 0) is 6.61 Å². The molecule has 1 aromatic heterocycles. The van der Waals surface area contributed by atoms with Gasteiger partial charge in [0.15, 0.2) is 0 Å². The highest BCUT2D eigenvalue weighted by Gasteiger charge is 2.30. The molecule has 78 valence electrons. The van der Waals surface area contributed by atoms with E-state index in [9.17, 15) is 5.11 Å². The second-order valence-electron chi connectivity index (χ2n) is 3.73. The van der Waals surface area contributed by atoms with Gasteiger partial charge in [0.2, 0.25) is 0 Å². The lowest BCUT2D eigenvalue weighted by atomic mass is 10.1. The van der Waals surface area contributed by atoms with E-state index < -0.39 is 0 Å². The number of nitrogens with zero attached hydrogens (tertiary/aromatic N) is 2. The highest BCUT2D eigenvalue weighted by molar-refractivity contribution is 5.29. The van der Waals surface area contributed by atoms with Crippen LogP contribution in [0.2, 0.25) is 0 Å². The van der Waals surface area contributed by atoms with E-state index in [0.717, 1.165) is 6.54 Å². The molecule has 0 aromatic carbocycles. The maximum atomic E-state index is 9.53. The molecule has 2 unspecified atom stereocenters. The molecule has 0 spiro atoms. The Labute approximate surface area is 82.0 Å².